The summed E-state index contributed by atoms with van der Waals surface area (Å²) in [5.41, 5.74) is 11.7. The Morgan fingerprint density at radius 1 is 0.622 bits per heavy atom. The number of nitrogens with one attached hydrogen (secondary N) is 1. The molecule has 0 fully saturated rings. The number of H-pyrrole nitrogens is 1. The molecule has 5 aromatic rings. The number of nitrogens with zero attached hydrogens (tertiary/aromatic N) is 1. The van der Waals surface area contributed by atoms with Crippen molar-refractivity contribution in [3.8, 4) is 39.4 Å². The van der Waals surface area contributed by atoms with Gasteiger partial charge in [-0.1, -0.05) is 102 Å². The van der Waals surface area contributed by atoms with Crippen LogP contribution in [-0.2, 0) is 0 Å². The predicted octanol–water partition coefficient (Wildman–Crippen LogP) is 7.64. The molecule has 0 bridgehead atoms. The number of hydrogen-bond acceptors (Lipinski definition) is 2. The first-order valence-electron chi connectivity index (χ1n) is 12.3. The predicted molar refractivity (Wildman–Crippen MR) is 149 cm³/mol. The lowest BCUT2D eigenvalue weighted by atomic mass is 9.95. The Labute approximate surface area is 216 Å². The molecule has 0 aliphatic carbocycles. The van der Waals surface area contributed by atoms with Crippen LogP contribution in [0.4, 0.5) is 0 Å². The number of aromatic nitrogens is 1. The van der Waals surface area contributed by atoms with Gasteiger partial charge in [-0.3, -0.25) is 4.79 Å². The molecule has 0 saturated carbocycles. The number of carbonyl (C=O) groups excluding carboxylic acids is 1. The molecule has 180 valence electrons. The van der Waals surface area contributed by atoms with Gasteiger partial charge >= 0.3 is 0 Å². The second-order valence-corrected chi connectivity index (χ2v) is 9.70. The van der Waals surface area contributed by atoms with Crippen LogP contribution in [0.15, 0.2) is 96.0 Å². The Morgan fingerprint density at radius 3 is 1.81 bits per heavy atom. The van der Waals surface area contributed by atoms with Gasteiger partial charge in [0.15, 0.2) is 5.88 Å². The number of amides is 1. The normalized spacial score (nSPS) is 12.5. The fourth-order valence-corrected chi connectivity index (χ4v) is 5.09. The molecule has 1 amide bonds. The zero-order valence-corrected chi connectivity index (χ0v) is 21.0. The third-order valence-corrected chi connectivity index (χ3v) is 7.05. The van der Waals surface area contributed by atoms with E-state index in [0.717, 1.165) is 27.8 Å². The molecule has 0 saturated heterocycles. The maximum absolute atomic E-state index is 13.0. The maximum Gasteiger partial charge on any atom is 0.280 e. The standard InChI is InChI=1S/C33H26N2O2/c1-19-4-7-22(8-5-19)23-9-13-25(14-10-23)30-28-29(33(37)34-30)31(35-32(28)36)26-15-11-24(12-16-26)27-17-6-20(2)18-21(27)3/h4-18,34,37H,1-3H3. The average molecular weight is 483 g/mol. The molecule has 1 aliphatic heterocycles. The van der Waals surface area contributed by atoms with Crippen molar-refractivity contribution in [3.63, 3.8) is 0 Å². The van der Waals surface area contributed by atoms with Crippen molar-refractivity contribution in [2.75, 3.05) is 0 Å². The summed E-state index contributed by atoms with van der Waals surface area (Å²) < 4.78 is 0. The lowest BCUT2D eigenvalue weighted by Crippen LogP contribution is -1.99. The van der Waals surface area contributed by atoms with E-state index in [9.17, 15) is 9.90 Å². The molecule has 4 heteroatoms. The van der Waals surface area contributed by atoms with Gasteiger partial charge in [-0.25, -0.2) is 4.99 Å². The minimum Gasteiger partial charge on any atom is -0.494 e. The third-order valence-electron chi connectivity index (χ3n) is 7.05. The largest absolute Gasteiger partial charge is 0.494 e. The van der Waals surface area contributed by atoms with Gasteiger partial charge in [-0.2, -0.15) is 0 Å². The summed E-state index contributed by atoms with van der Waals surface area (Å²) >= 11 is 0. The summed E-state index contributed by atoms with van der Waals surface area (Å²) in [6.45, 7) is 6.26. The fraction of sp³-hybridized carbons (Fsp3) is 0.0909. The third kappa shape index (κ3) is 3.97. The topological polar surface area (TPSA) is 65.4 Å². The number of rotatable bonds is 4. The number of fused-ring (bicyclic) bond motifs is 1. The SMILES string of the molecule is Cc1ccc(-c2ccc(-c3[nH]c(O)c4c3C(=O)N=C4c3ccc(-c4ccc(C)cc4C)cc3)cc2)cc1. The minimum absolute atomic E-state index is 0.0457. The molecule has 4 aromatic carbocycles. The molecule has 0 unspecified atom stereocenters. The van der Waals surface area contributed by atoms with E-state index in [0.29, 0.717) is 22.5 Å². The van der Waals surface area contributed by atoms with Crippen LogP contribution < -0.4 is 0 Å². The number of aliphatic imine (C=N–C) groups is 1. The molecule has 1 aromatic heterocycles. The van der Waals surface area contributed by atoms with E-state index in [2.05, 4.69) is 73.2 Å². The lowest BCUT2D eigenvalue weighted by Gasteiger charge is -2.08. The molecular formula is C33H26N2O2. The molecule has 0 radical (unpaired) electrons. The highest BCUT2D eigenvalue weighted by atomic mass is 16.3. The Morgan fingerprint density at radius 2 is 1.16 bits per heavy atom. The summed E-state index contributed by atoms with van der Waals surface area (Å²) in [7, 11) is 0. The van der Waals surface area contributed by atoms with Crippen LogP contribution in [0.1, 0.15) is 38.2 Å². The number of aromatic hydroxyl groups is 1. The molecule has 37 heavy (non-hydrogen) atoms. The van der Waals surface area contributed by atoms with E-state index >= 15 is 0 Å². The number of aryl methyl sites for hydroxylation is 3. The highest BCUT2D eigenvalue weighted by molar-refractivity contribution is 6.30. The zero-order chi connectivity index (χ0) is 25.7. The Kier molecular flexibility index (Phi) is 5.38. The first kappa shape index (κ1) is 22.7. The van der Waals surface area contributed by atoms with Crippen molar-refractivity contribution >= 4 is 11.6 Å². The first-order chi connectivity index (χ1) is 17.9. The molecular weight excluding hydrogens is 456 g/mol. The number of aromatic amines is 1. The van der Waals surface area contributed by atoms with Crippen molar-refractivity contribution in [1.82, 2.24) is 4.98 Å². The van der Waals surface area contributed by atoms with Gasteiger partial charge in [0.25, 0.3) is 5.91 Å². The molecule has 1 aliphatic rings. The summed E-state index contributed by atoms with van der Waals surface area (Å²) in [5.74, 6) is -0.395. The smallest absolute Gasteiger partial charge is 0.280 e. The molecule has 2 heterocycles. The van der Waals surface area contributed by atoms with Gasteiger partial charge in [0.2, 0.25) is 0 Å². The van der Waals surface area contributed by atoms with Crippen molar-refractivity contribution in [3.05, 3.63) is 124 Å². The minimum atomic E-state index is -0.349. The van der Waals surface area contributed by atoms with E-state index < -0.39 is 0 Å². The van der Waals surface area contributed by atoms with Gasteiger partial charge in [0.05, 0.1) is 22.5 Å². The summed E-state index contributed by atoms with van der Waals surface area (Å²) in [6.07, 6.45) is 0. The molecule has 0 spiro atoms. The Bertz CT molecular complexity index is 1690. The Hall–Kier alpha value is -4.70. The van der Waals surface area contributed by atoms with Gasteiger partial charge < -0.3 is 10.1 Å². The van der Waals surface area contributed by atoms with Crippen LogP contribution in [0.5, 0.6) is 5.88 Å². The van der Waals surface area contributed by atoms with Gasteiger partial charge in [-0.05, 0) is 54.2 Å². The summed E-state index contributed by atoms with van der Waals surface area (Å²) in [6, 6.07) is 30.7. The quantitative estimate of drug-likeness (QED) is 0.276. The molecule has 6 rings (SSSR count). The van der Waals surface area contributed by atoms with Crippen LogP contribution in [-0.4, -0.2) is 21.7 Å². The highest BCUT2D eigenvalue weighted by Gasteiger charge is 2.33. The van der Waals surface area contributed by atoms with E-state index in [1.54, 1.807) is 0 Å². The van der Waals surface area contributed by atoms with Gasteiger partial charge in [0.1, 0.15) is 0 Å². The second kappa shape index (κ2) is 8.75. The van der Waals surface area contributed by atoms with E-state index in [4.69, 9.17) is 0 Å². The van der Waals surface area contributed by atoms with Crippen LogP contribution in [0.25, 0.3) is 33.5 Å². The second-order valence-electron chi connectivity index (χ2n) is 9.70. The van der Waals surface area contributed by atoms with Gasteiger partial charge in [0, 0.05) is 5.56 Å². The van der Waals surface area contributed by atoms with Crippen LogP contribution >= 0.6 is 0 Å². The fourth-order valence-electron chi connectivity index (χ4n) is 5.09. The summed E-state index contributed by atoms with van der Waals surface area (Å²) in [4.78, 5) is 20.4. The van der Waals surface area contributed by atoms with Crippen LogP contribution in [0.2, 0.25) is 0 Å². The Balaban J connectivity index is 1.33. The number of carbonyl (C=O) groups is 1. The maximum atomic E-state index is 13.0. The average Bonchev–Trinajstić information content (AvgIpc) is 3.43. The monoisotopic (exact) mass is 482 g/mol. The van der Waals surface area contributed by atoms with E-state index in [1.165, 1.54) is 22.3 Å². The van der Waals surface area contributed by atoms with Crippen molar-refractivity contribution in [1.29, 1.82) is 0 Å². The highest BCUT2D eigenvalue weighted by Crippen LogP contribution is 2.39. The van der Waals surface area contributed by atoms with E-state index in [1.807, 2.05) is 48.5 Å². The summed E-state index contributed by atoms with van der Waals surface area (Å²) in [5, 5.41) is 10.8. The van der Waals surface area contributed by atoms with E-state index in [-0.39, 0.29) is 11.8 Å². The number of benzene rings is 4. The molecule has 4 nitrogen and oxygen atoms in total. The lowest BCUT2D eigenvalue weighted by molar-refractivity contribution is 0.101. The van der Waals surface area contributed by atoms with Crippen molar-refractivity contribution in [2.24, 2.45) is 4.99 Å². The molecule has 0 atom stereocenters. The number of hydrogen-bond donors (Lipinski definition) is 2. The van der Waals surface area contributed by atoms with Crippen LogP contribution in [0.3, 0.4) is 0 Å². The van der Waals surface area contributed by atoms with Crippen LogP contribution in [0, 0.1) is 20.8 Å². The first-order valence-corrected chi connectivity index (χ1v) is 12.3. The van der Waals surface area contributed by atoms with Gasteiger partial charge in [-0.15, -0.1) is 0 Å². The van der Waals surface area contributed by atoms with Crippen molar-refractivity contribution in [2.45, 2.75) is 20.8 Å². The zero-order valence-electron chi connectivity index (χ0n) is 21.0. The molecule has 2 N–H and O–H groups in total. The van der Waals surface area contributed by atoms with Crippen molar-refractivity contribution < 1.29 is 9.90 Å².